The average Bonchev–Trinajstić information content (AvgIpc) is 3.14. The van der Waals surface area contributed by atoms with Gasteiger partial charge in [0.2, 0.25) is 5.76 Å². The number of morpholine rings is 1. The first-order chi connectivity index (χ1) is 11.7. The van der Waals surface area contributed by atoms with Gasteiger partial charge in [0.1, 0.15) is 0 Å². The number of oxazole rings is 1. The number of hydrogen-bond acceptors (Lipinski definition) is 7. The number of nitrogens with one attached hydrogen (secondary N) is 1. The van der Waals surface area contributed by atoms with E-state index in [1.807, 2.05) is 5.38 Å². The number of ether oxygens (including phenoxy) is 1. The lowest BCUT2D eigenvalue weighted by atomic mass is 10.1. The second-order valence-electron chi connectivity index (χ2n) is 6.26. The van der Waals surface area contributed by atoms with Crippen molar-refractivity contribution >= 4 is 22.4 Å². The minimum absolute atomic E-state index is 0.154. The third-order valence-electron chi connectivity index (χ3n) is 4.43. The van der Waals surface area contributed by atoms with Crippen LogP contribution in [0.25, 0.3) is 0 Å². The summed E-state index contributed by atoms with van der Waals surface area (Å²) in [6.45, 7) is 4.24. The fourth-order valence-corrected chi connectivity index (χ4v) is 3.57. The lowest BCUT2D eigenvalue weighted by Gasteiger charge is -2.34. The van der Waals surface area contributed by atoms with Gasteiger partial charge >= 0.3 is 0 Å². The summed E-state index contributed by atoms with van der Waals surface area (Å²) in [5.74, 6) is 0.936. The number of aromatic nitrogens is 2. The van der Waals surface area contributed by atoms with Crippen LogP contribution in [-0.4, -0.2) is 47.1 Å². The molecule has 1 aliphatic heterocycles. The van der Waals surface area contributed by atoms with E-state index in [0.717, 1.165) is 23.3 Å². The van der Waals surface area contributed by atoms with E-state index in [9.17, 15) is 4.79 Å². The molecule has 0 spiro atoms. The zero-order valence-corrected chi connectivity index (χ0v) is 14.3. The second-order valence-corrected chi connectivity index (χ2v) is 7.12. The Hall–Kier alpha value is -1.93. The highest BCUT2D eigenvalue weighted by atomic mass is 32.1. The normalized spacial score (nSPS) is 21.0. The molecule has 1 atom stereocenters. The molecule has 24 heavy (non-hydrogen) atoms. The van der Waals surface area contributed by atoms with Gasteiger partial charge in [0.05, 0.1) is 30.6 Å². The average molecular weight is 348 g/mol. The molecule has 0 unspecified atom stereocenters. The Labute approximate surface area is 144 Å². The van der Waals surface area contributed by atoms with Gasteiger partial charge in [0.15, 0.2) is 11.5 Å². The Kier molecular flexibility index (Phi) is 4.24. The number of carbonyl (C=O) groups is 1. The predicted octanol–water partition coefficient (Wildman–Crippen LogP) is 2.48. The van der Waals surface area contributed by atoms with Gasteiger partial charge in [-0.2, -0.15) is 0 Å². The highest BCUT2D eigenvalue weighted by Crippen LogP contribution is 2.31. The number of carbonyl (C=O) groups excluding carboxylic acids is 1. The lowest BCUT2D eigenvalue weighted by molar-refractivity contribution is -0.00531. The molecule has 0 aromatic carbocycles. The van der Waals surface area contributed by atoms with Crippen molar-refractivity contribution in [3.05, 3.63) is 28.9 Å². The molecule has 8 heteroatoms. The topological polar surface area (TPSA) is 80.5 Å². The molecule has 1 amide bonds. The van der Waals surface area contributed by atoms with Crippen LogP contribution < -0.4 is 5.32 Å². The van der Waals surface area contributed by atoms with Gasteiger partial charge in [-0.15, -0.1) is 11.3 Å². The lowest BCUT2D eigenvalue weighted by Crippen LogP contribution is -2.43. The zero-order chi connectivity index (χ0) is 16.5. The van der Waals surface area contributed by atoms with Crippen molar-refractivity contribution in [3.63, 3.8) is 0 Å². The van der Waals surface area contributed by atoms with E-state index in [1.165, 1.54) is 19.2 Å². The summed E-state index contributed by atoms with van der Waals surface area (Å²) in [6.07, 6.45) is 3.92. The molecule has 2 aromatic heterocycles. The van der Waals surface area contributed by atoms with Crippen LogP contribution >= 0.6 is 11.3 Å². The van der Waals surface area contributed by atoms with Gasteiger partial charge in [0, 0.05) is 18.5 Å². The van der Waals surface area contributed by atoms with Crippen molar-refractivity contribution in [2.45, 2.75) is 25.8 Å². The van der Waals surface area contributed by atoms with Crippen LogP contribution in [0.15, 0.2) is 16.2 Å². The molecule has 1 aliphatic carbocycles. The van der Waals surface area contributed by atoms with Crippen LogP contribution in [0.2, 0.25) is 0 Å². The molecule has 7 nitrogen and oxygen atoms in total. The van der Waals surface area contributed by atoms with E-state index < -0.39 is 0 Å². The standard InChI is InChI=1S/C16H20N4O3S/c1-10-14(23-9-18-10)15(21)20-4-5-22-7-13(20)12-8-24-16(19-12)17-6-11-2-3-11/h8-9,11,13H,2-7H2,1H3,(H,17,19)/t13-/m0/s1. The van der Waals surface area contributed by atoms with Crippen LogP contribution in [0.3, 0.4) is 0 Å². The maximum atomic E-state index is 12.8. The van der Waals surface area contributed by atoms with Crippen molar-refractivity contribution < 1.29 is 13.9 Å². The quantitative estimate of drug-likeness (QED) is 0.894. The van der Waals surface area contributed by atoms with Gasteiger partial charge in [-0.1, -0.05) is 0 Å². The molecule has 4 rings (SSSR count). The van der Waals surface area contributed by atoms with E-state index in [2.05, 4.69) is 15.3 Å². The minimum atomic E-state index is -0.191. The van der Waals surface area contributed by atoms with Crippen molar-refractivity contribution in [1.82, 2.24) is 14.9 Å². The highest BCUT2D eigenvalue weighted by Gasteiger charge is 2.33. The summed E-state index contributed by atoms with van der Waals surface area (Å²) >= 11 is 1.58. The van der Waals surface area contributed by atoms with Crippen molar-refractivity contribution in [2.75, 3.05) is 31.6 Å². The smallest absolute Gasteiger partial charge is 0.292 e. The van der Waals surface area contributed by atoms with E-state index in [4.69, 9.17) is 9.15 Å². The molecular formula is C16H20N4O3S. The number of rotatable bonds is 5. The van der Waals surface area contributed by atoms with Crippen LogP contribution in [0.1, 0.15) is 40.8 Å². The van der Waals surface area contributed by atoms with E-state index in [1.54, 1.807) is 23.2 Å². The molecule has 0 radical (unpaired) electrons. The summed E-state index contributed by atoms with van der Waals surface area (Å²) in [6, 6.07) is -0.191. The predicted molar refractivity (Wildman–Crippen MR) is 89.2 cm³/mol. The maximum absolute atomic E-state index is 12.8. The molecule has 0 bridgehead atoms. The zero-order valence-electron chi connectivity index (χ0n) is 13.5. The van der Waals surface area contributed by atoms with Crippen molar-refractivity contribution in [1.29, 1.82) is 0 Å². The molecule has 2 fully saturated rings. The first kappa shape index (κ1) is 15.6. The third kappa shape index (κ3) is 3.16. The molecule has 2 aliphatic rings. The SMILES string of the molecule is Cc1ncoc1C(=O)N1CCOC[C@H]1c1csc(NCC2CC2)n1. The molecule has 128 valence electrons. The number of thiazole rings is 1. The molecule has 2 aromatic rings. The third-order valence-corrected chi connectivity index (χ3v) is 5.25. The number of aryl methyl sites for hydroxylation is 1. The summed E-state index contributed by atoms with van der Waals surface area (Å²) in [4.78, 5) is 23.2. The second kappa shape index (κ2) is 6.52. The molecular weight excluding hydrogens is 328 g/mol. The Morgan fingerprint density at radius 3 is 3.12 bits per heavy atom. The van der Waals surface area contributed by atoms with Crippen LogP contribution in [0.5, 0.6) is 0 Å². The van der Waals surface area contributed by atoms with Gasteiger partial charge in [-0.25, -0.2) is 9.97 Å². The van der Waals surface area contributed by atoms with Crippen LogP contribution in [-0.2, 0) is 4.74 Å². The summed E-state index contributed by atoms with van der Waals surface area (Å²) in [7, 11) is 0. The molecule has 1 saturated heterocycles. The highest BCUT2D eigenvalue weighted by molar-refractivity contribution is 7.13. The largest absolute Gasteiger partial charge is 0.438 e. The fraction of sp³-hybridized carbons (Fsp3) is 0.562. The summed E-state index contributed by atoms with van der Waals surface area (Å²) < 4.78 is 10.9. The Bertz CT molecular complexity index is 724. The number of amides is 1. The van der Waals surface area contributed by atoms with E-state index in [0.29, 0.717) is 31.2 Å². The summed E-state index contributed by atoms with van der Waals surface area (Å²) in [5.41, 5.74) is 1.47. The molecule has 1 saturated carbocycles. The minimum Gasteiger partial charge on any atom is -0.438 e. The molecule has 1 N–H and O–H groups in total. The van der Waals surface area contributed by atoms with E-state index in [-0.39, 0.29) is 11.9 Å². The maximum Gasteiger partial charge on any atom is 0.292 e. The van der Waals surface area contributed by atoms with Crippen LogP contribution in [0.4, 0.5) is 5.13 Å². The number of anilines is 1. The molecule has 3 heterocycles. The van der Waals surface area contributed by atoms with Crippen LogP contribution in [0, 0.1) is 12.8 Å². The Morgan fingerprint density at radius 2 is 2.38 bits per heavy atom. The van der Waals surface area contributed by atoms with Gasteiger partial charge in [-0.3, -0.25) is 4.79 Å². The Morgan fingerprint density at radius 1 is 1.50 bits per heavy atom. The van der Waals surface area contributed by atoms with Crippen molar-refractivity contribution in [3.8, 4) is 0 Å². The summed E-state index contributed by atoms with van der Waals surface area (Å²) in [5, 5.41) is 6.29. The van der Waals surface area contributed by atoms with E-state index >= 15 is 0 Å². The fourth-order valence-electron chi connectivity index (χ4n) is 2.80. The van der Waals surface area contributed by atoms with Gasteiger partial charge < -0.3 is 19.4 Å². The monoisotopic (exact) mass is 348 g/mol. The number of hydrogen-bond donors (Lipinski definition) is 1. The first-order valence-electron chi connectivity index (χ1n) is 8.20. The van der Waals surface area contributed by atoms with Crippen molar-refractivity contribution in [2.24, 2.45) is 5.92 Å². The van der Waals surface area contributed by atoms with Gasteiger partial charge in [0.25, 0.3) is 5.91 Å². The number of nitrogens with zero attached hydrogens (tertiary/aromatic N) is 3. The first-order valence-corrected chi connectivity index (χ1v) is 9.08. The Balaban J connectivity index is 1.51. The van der Waals surface area contributed by atoms with Gasteiger partial charge in [-0.05, 0) is 25.7 Å².